The zero-order valence-corrected chi connectivity index (χ0v) is 10.9. The number of hydrogen-bond donors (Lipinski definition) is 1. The highest BCUT2D eigenvalue weighted by Crippen LogP contribution is 2.06. The summed E-state index contributed by atoms with van der Waals surface area (Å²) in [6.45, 7) is 3.19. The van der Waals surface area contributed by atoms with Gasteiger partial charge in [-0.25, -0.2) is 0 Å². The van der Waals surface area contributed by atoms with Crippen LogP contribution in [0.3, 0.4) is 0 Å². The summed E-state index contributed by atoms with van der Waals surface area (Å²) in [4.78, 5) is 25.4. The summed E-state index contributed by atoms with van der Waals surface area (Å²) < 4.78 is 6.38. The maximum absolute atomic E-state index is 11.6. The molecule has 1 fully saturated rings. The van der Waals surface area contributed by atoms with Crippen LogP contribution in [0.5, 0.6) is 0 Å². The second-order valence-electron chi connectivity index (χ2n) is 4.70. The highest BCUT2D eigenvalue weighted by Gasteiger charge is 2.12. The van der Waals surface area contributed by atoms with Crippen LogP contribution in [-0.4, -0.2) is 41.7 Å². The number of likely N-dealkylation sites (tertiary alicyclic amines) is 1. The predicted octanol–water partition coefficient (Wildman–Crippen LogP) is 0.0695. The molecule has 0 unspecified atom stereocenters. The summed E-state index contributed by atoms with van der Waals surface area (Å²) in [7, 11) is 0. The topological polar surface area (TPSA) is 77.6 Å². The minimum atomic E-state index is -0.410. The maximum atomic E-state index is 11.6. The fourth-order valence-corrected chi connectivity index (χ4v) is 2.15. The first-order chi connectivity index (χ1) is 9.15. The standard InChI is InChI=1S/C13H19N3O3/c14-11-3-4-12(17)16(9-11)10-13(18)19-8-7-15-5-1-2-6-15/h3-4,9H,1-2,5-8,10,14H2. The Morgan fingerprint density at radius 3 is 2.79 bits per heavy atom. The lowest BCUT2D eigenvalue weighted by Crippen LogP contribution is -2.28. The van der Waals surface area contributed by atoms with Gasteiger partial charge in [0.25, 0.3) is 5.56 Å². The Morgan fingerprint density at radius 1 is 1.32 bits per heavy atom. The molecule has 1 saturated heterocycles. The molecule has 2 N–H and O–H groups in total. The highest BCUT2D eigenvalue weighted by molar-refractivity contribution is 5.69. The normalized spacial score (nSPS) is 15.6. The Balaban J connectivity index is 1.77. The average Bonchev–Trinajstić information content (AvgIpc) is 2.87. The van der Waals surface area contributed by atoms with E-state index in [0.29, 0.717) is 12.3 Å². The fourth-order valence-electron chi connectivity index (χ4n) is 2.15. The van der Waals surface area contributed by atoms with Crippen LogP contribution in [-0.2, 0) is 16.1 Å². The Kier molecular flexibility index (Phi) is 4.57. The second kappa shape index (κ2) is 6.38. The molecule has 0 saturated carbocycles. The molecular formula is C13H19N3O3. The number of nitrogens with zero attached hydrogens (tertiary/aromatic N) is 2. The van der Waals surface area contributed by atoms with E-state index in [1.807, 2.05) is 0 Å². The molecule has 6 nitrogen and oxygen atoms in total. The van der Waals surface area contributed by atoms with E-state index >= 15 is 0 Å². The van der Waals surface area contributed by atoms with Crippen molar-refractivity contribution in [1.82, 2.24) is 9.47 Å². The minimum absolute atomic E-state index is 0.0934. The first-order valence-electron chi connectivity index (χ1n) is 6.49. The molecule has 1 aliphatic rings. The van der Waals surface area contributed by atoms with Crippen LogP contribution in [0.25, 0.3) is 0 Å². The third kappa shape index (κ3) is 4.10. The van der Waals surface area contributed by atoms with E-state index in [0.717, 1.165) is 19.6 Å². The van der Waals surface area contributed by atoms with Crippen molar-refractivity contribution in [3.63, 3.8) is 0 Å². The molecule has 0 spiro atoms. The van der Waals surface area contributed by atoms with Crippen molar-refractivity contribution in [2.45, 2.75) is 19.4 Å². The number of pyridine rings is 1. The molecule has 0 amide bonds. The van der Waals surface area contributed by atoms with Gasteiger partial charge in [-0.3, -0.25) is 14.5 Å². The first-order valence-corrected chi connectivity index (χ1v) is 6.49. The quantitative estimate of drug-likeness (QED) is 0.762. The van der Waals surface area contributed by atoms with Crippen molar-refractivity contribution in [1.29, 1.82) is 0 Å². The third-order valence-electron chi connectivity index (χ3n) is 3.18. The second-order valence-corrected chi connectivity index (χ2v) is 4.70. The van der Waals surface area contributed by atoms with Crippen LogP contribution in [0.15, 0.2) is 23.1 Å². The van der Waals surface area contributed by atoms with Gasteiger partial charge in [0.15, 0.2) is 0 Å². The number of rotatable bonds is 5. The minimum Gasteiger partial charge on any atom is -0.463 e. The lowest BCUT2D eigenvalue weighted by molar-refractivity contribution is -0.144. The van der Waals surface area contributed by atoms with Crippen LogP contribution in [0.2, 0.25) is 0 Å². The van der Waals surface area contributed by atoms with E-state index in [2.05, 4.69) is 4.90 Å². The Labute approximate surface area is 111 Å². The number of nitrogen functional groups attached to an aromatic ring is 1. The summed E-state index contributed by atoms with van der Waals surface area (Å²) in [5.41, 5.74) is 5.76. The zero-order valence-electron chi connectivity index (χ0n) is 10.9. The number of anilines is 1. The van der Waals surface area contributed by atoms with Crippen LogP contribution in [0, 0.1) is 0 Å². The van der Waals surface area contributed by atoms with E-state index in [-0.39, 0.29) is 12.1 Å². The number of nitrogens with two attached hydrogens (primary N) is 1. The molecule has 0 radical (unpaired) electrons. The molecule has 6 heteroatoms. The molecule has 2 heterocycles. The number of aromatic nitrogens is 1. The highest BCUT2D eigenvalue weighted by atomic mass is 16.5. The molecule has 104 valence electrons. The monoisotopic (exact) mass is 265 g/mol. The van der Waals surface area contributed by atoms with Crippen molar-refractivity contribution in [2.75, 3.05) is 32.0 Å². The van der Waals surface area contributed by atoms with Gasteiger partial charge in [-0.1, -0.05) is 0 Å². The van der Waals surface area contributed by atoms with Crippen molar-refractivity contribution in [2.24, 2.45) is 0 Å². The van der Waals surface area contributed by atoms with Gasteiger partial charge in [0.05, 0.1) is 0 Å². The molecule has 1 aromatic rings. The maximum Gasteiger partial charge on any atom is 0.326 e. The summed E-state index contributed by atoms with van der Waals surface area (Å²) >= 11 is 0. The van der Waals surface area contributed by atoms with Gasteiger partial charge in [-0.2, -0.15) is 0 Å². The van der Waals surface area contributed by atoms with Crippen molar-refractivity contribution in [3.05, 3.63) is 28.7 Å². The lowest BCUT2D eigenvalue weighted by atomic mass is 10.4. The SMILES string of the molecule is Nc1ccc(=O)n(CC(=O)OCCN2CCCC2)c1. The van der Waals surface area contributed by atoms with Gasteiger partial charge < -0.3 is 15.0 Å². The number of carbonyl (C=O) groups is 1. The number of carbonyl (C=O) groups excluding carboxylic acids is 1. The Hall–Kier alpha value is -1.82. The molecule has 19 heavy (non-hydrogen) atoms. The van der Waals surface area contributed by atoms with Crippen LogP contribution in [0.4, 0.5) is 5.69 Å². The number of esters is 1. The molecule has 0 atom stereocenters. The summed E-state index contributed by atoms with van der Waals surface area (Å²) in [6, 6.07) is 2.85. The van der Waals surface area contributed by atoms with Crippen molar-refractivity contribution >= 4 is 11.7 Å². The van der Waals surface area contributed by atoms with E-state index in [1.165, 1.54) is 35.7 Å². The van der Waals surface area contributed by atoms with Crippen molar-refractivity contribution < 1.29 is 9.53 Å². The van der Waals surface area contributed by atoms with E-state index in [1.54, 1.807) is 0 Å². The summed E-state index contributed by atoms with van der Waals surface area (Å²) in [5, 5.41) is 0. The van der Waals surface area contributed by atoms with E-state index in [9.17, 15) is 9.59 Å². The van der Waals surface area contributed by atoms with Gasteiger partial charge >= 0.3 is 5.97 Å². The van der Waals surface area contributed by atoms with Crippen LogP contribution in [0.1, 0.15) is 12.8 Å². The zero-order chi connectivity index (χ0) is 13.7. The van der Waals surface area contributed by atoms with Gasteiger partial charge in [-0.05, 0) is 32.0 Å². The molecule has 0 bridgehead atoms. The molecular weight excluding hydrogens is 246 g/mol. The molecule has 1 aliphatic heterocycles. The summed E-state index contributed by atoms with van der Waals surface area (Å²) in [6.07, 6.45) is 3.88. The average molecular weight is 265 g/mol. The third-order valence-corrected chi connectivity index (χ3v) is 3.18. The van der Waals surface area contributed by atoms with Gasteiger partial charge in [0.1, 0.15) is 13.2 Å². The van der Waals surface area contributed by atoms with Gasteiger partial charge in [0, 0.05) is 24.5 Å². The van der Waals surface area contributed by atoms with Gasteiger partial charge in [-0.15, -0.1) is 0 Å². The van der Waals surface area contributed by atoms with Crippen LogP contribution >= 0.6 is 0 Å². The summed E-state index contributed by atoms with van der Waals surface area (Å²) in [5.74, 6) is -0.410. The lowest BCUT2D eigenvalue weighted by Gasteiger charge is -2.14. The Bertz CT molecular complexity index is 492. The molecule has 0 aliphatic carbocycles. The molecule has 0 aromatic carbocycles. The number of hydrogen-bond acceptors (Lipinski definition) is 5. The van der Waals surface area contributed by atoms with Crippen molar-refractivity contribution in [3.8, 4) is 0 Å². The first kappa shape index (κ1) is 13.6. The largest absolute Gasteiger partial charge is 0.463 e. The fraction of sp³-hybridized carbons (Fsp3) is 0.538. The Morgan fingerprint density at radius 2 is 2.05 bits per heavy atom. The van der Waals surface area contributed by atoms with E-state index < -0.39 is 5.97 Å². The predicted molar refractivity (Wildman–Crippen MR) is 71.7 cm³/mol. The molecule has 1 aromatic heterocycles. The van der Waals surface area contributed by atoms with Crippen LogP contribution < -0.4 is 11.3 Å². The number of ether oxygens (including phenoxy) is 1. The van der Waals surface area contributed by atoms with E-state index in [4.69, 9.17) is 10.5 Å². The molecule has 2 rings (SSSR count). The van der Waals surface area contributed by atoms with Gasteiger partial charge in [0.2, 0.25) is 0 Å². The smallest absolute Gasteiger partial charge is 0.326 e.